The second kappa shape index (κ2) is 5.14. The summed E-state index contributed by atoms with van der Waals surface area (Å²) in [5.74, 6) is 0.811. The van der Waals surface area contributed by atoms with E-state index >= 15 is 0 Å². The lowest BCUT2D eigenvalue weighted by Crippen LogP contribution is -2.02. The van der Waals surface area contributed by atoms with Gasteiger partial charge in [0.1, 0.15) is 11.6 Å². The summed E-state index contributed by atoms with van der Waals surface area (Å²) in [6.45, 7) is 3.32. The van der Waals surface area contributed by atoms with Gasteiger partial charge in [-0.15, -0.1) is 0 Å². The third-order valence-corrected chi connectivity index (χ3v) is 2.34. The maximum Gasteiger partial charge on any atom is 0.264 e. The summed E-state index contributed by atoms with van der Waals surface area (Å²) in [7, 11) is 0. The van der Waals surface area contributed by atoms with Crippen LogP contribution in [0, 0.1) is 12.7 Å². The third kappa shape index (κ3) is 2.84. The molecule has 0 bridgehead atoms. The molecular formula is C12H13FN2O3. The molecule has 0 aliphatic carbocycles. The molecule has 0 radical (unpaired) electrons. The largest absolute Gasteiger partial charge is 0.483 e. The molecule has 0 aliphatic heterocycles. The van der Waals surface area contributed by atoms with Crippen molar-refractivity contribution in [2.45, 2.75) is 26.6 Å². The Morgan fingerprint density at radius 3 is 2.89 bits per heavy atom. The van der Waals surface area contributed by atoms with Gasteiger partial charge >= 0.3 is 0 Å². The Morgan fingerprint density at radius 1 is 1.50 bits per heavy atom. The SMILES string of the molecule is Cc1noc(COc2ccc(F)cc2[C@H](C)O)n1. The van der Waals surface area contributed by atoms with E-state index in [1.165, 1.54) is 18.2 Å². The van der Waals surface area contributed by atoms with Gasteiger partial charge in [-0.05, 0) is 32.0 Å². The van der Waals surface area contributed by atoms with Crippen LogP contribution in [0.2, 0.25) is 0 Å². The van der Waals surface area contributed by atoms with Crippen LogP contribution in [0.25, 0.3) is 0 Å². The zero-order valence-corrected chi connectivity index (χ0v) is 10.1. The maximum absolute atomic E-state index is 13.1. The molecule has 2 aromatic rings. The van der Waals surface area contributed by atoms with Gasteiger partial charge in [-0.25, -0.2) is 4.39 Å². The fourth-order valence-electron chi connectivity index (χ4n) is 1.52. The molecule has 1 atom stereocenters. The summed E-state index contributed by atoms with van der Waals surface area (Å²) in [5.41, 5.74) is 0.381. The fourth-order valence-corrected chi connectivity index (χ4v) is 1.52. The van der Waals surface area contributed by atoms with Crippen molar-refractivity contribution in [2.75, 3.05) is 0 Å². The number of ether oxygens (including phenoxy) is 1. The zero-order chi connectivity index (χ0) is 13.1. The lowest BCUT2D eigenvalue weighted by Gasteiger charge is -2.12. The summed E-state index contributed by atoms with van der Waals surface area (Å²) in [4.78, 5) is 3.98. The Hall–Kier alpha value is -1.95. The number of aryl methyl sites for hydroxylation is 1. The molecule has 0 saturated heterocycles. The van der Waals surface area contributed by atoms with Crippen molar-refractivity contribution in [3.05, 3.63) is 41.3 Å². The van der Waals surface area contributed by atoms with E-state index in [2.05, 4.69) is 10.1 Å². The number of aromatic nitrogens is 2. The van der Waals surface area contributed by atoms with E-state index in [-0.39, 0.29) is 6.61 Å². The Morgan fingerprint density at radius 2 is 2.28 bits per heavy atom. The predicted molar refractivity (Wildman–Crippen MR) is 60.4 cm³/mol. The molecule has 6 heteroatoms. The monoisotopic (exact) mass is 252 g/mol. The Kier molecular flexibility index (Phi) is 3.57. The lowest BCUT2D eigenvalue weighted by atomic mass is 10.1. The van der Waals surface area contributed by atoms with Crippen LogP contribution in [0.1, 0.15) is 30.3 Å². The maximum atomic E-state index is 13.1. The third-order valence-electron chi connectivity index (χ3n) is 2.34. The van der Waals surface area contributed by atoms with Crippen LogP contribution in [0.4, 0.5) is 4.39 Å². The molecule has 1 heterocycles. The van der Waals surface area contributed by atoms with E-state index in [0.717, 1.165) is 0 Å². The minimum atomic E-state index is -0.819. The standard InChI is InChI=1S/C12H13FN2O3/c1-7(16)10-5-9(13)3-4-11(10)17-6-12-14-8(2)15-18-12/h3-5,7,16H,6H2,1-2H3/t7-/m0/s1. The molecule has 0 unspecified atom stereocenters. The molecule has 1 aromatic carbocycles. The molecule has 1 aromatic heterocycles. The topological polar surface area (TPSA) is 68.4 Å². The van der Waals surface area contributed by atoms with E-state index in [9.17, 15) is 9.50 Å². The molecule has 0 amide bonds. The quantitative estimate of drug-likeness (QED) is 0.902. The first-order chi connectivity index (χ1) is 8.56. The summed E-state index contributed by atoms with van der Waals surface area (Å²) in [6, 6.07) is 3.96. The van der Waals surface area contributed by atoms with Crippen molar-refractivity contribution in [3.63, 3.8) is 0 Å². The molecule has 0 fully saturated rings. The second-order valence-corrected chi connectivity index (χ2v) is 3.88. The molecule has 2 rings (SSSR count). The number of hydrogen-bond acceptors (Lipinski definition) is 5. The number of benzene rings is 1. The van der Waals surface area contributed by atoms with Crippen LogP contribution in [0.15, 0.2) is 22.7 Å². The lowest BCUT2D eigenvalue weighted by molar-refractivity contribution is 0.184. The summed E-state index contributed by atoms with van der Waals surface area (Å²) in [5, 5.41) is 13.2. The van der Waals surface area contributed by atoms with Gasteiger partial charge < -0.3 is 14.4 Å². The minimum Gasteiger partial charge on any atom is -0.483 e. The highest BCUT2D eigenvalue weighted by Gasteiger charge is 2.12. The molecular weight excluding hydrogens is 239 g/mol. The van der Waals surface area contributed by atoms with Gasteiger partial charge in [0.25, 0.3) is 5.89 Å². The van der Waals surface area contributed by atoms with Gasteiger partial charge in [0.2, 0.25) is 0 Å². The van der Waals surface area contributed by atoms with Crippen LogP contribution >= 0.6 is 0 Å². The normalized spacial score (nSPS) is 12.4. The Labute approximate surface area is 103 Å². The van der Waals surface area contributed by atoms with Gasteiger partial charge in [0.15, 0.2) is 12.4 Å². The van der Waals surface area contributed by atoms with Crippen LogP contribution in [-0.2, 0) is 6.61 Å². The second-order valence-electron chi connectivity index (χ2n) is 3.88. The summed E-state index contributed by atoms with van der Waals surface area (Å²) < 4.78 is 23.4. The first-order valence-corrected chi connectivity index (χ1v) is 5.46. The van der Waals surface area contributed by atoms with Crippen LogP contribution < -0.4 is 4.74 Å². The van der Waals surface area contributed by atoms with Gasteiger partial charge in [0, 0.05) is 5.56 Å². The smallest absolute Gasteiger partial charge is 0.264 e. The number of rotatable bonds is 4. The van der Waals surface area contributed by atoms with Crippen molar-refractivity contribution < 1.29 is 18.8 Å². The van der Waals surface area contributed by atoms with Crippen molar-refractivity contribution in [1.29, 1.82) is 0 Å². The molecule has 96 valence electrons. The van der Waals surface area contributed by atoms with Crippen molar-refractivity contribution in [3.8, 4) is 5.75 Å². The zero-order valence-electron chi connectivity index (χ0n) is 10.1. The minimum absolute atomic E-state index is 0.0756. The van der Waals surface area contributed by atoms with Crippen molar-refractivity contribution in [2.24, 2.45) is 0 Å². The first-order valence-electron chi connectivity index (χ1n) is 5.46. The number of halogens is 1. The molecule has 5 nitrogen and oxygen atoms in total. The van der Waals surface area contributed by atoms with Crippen LogP contribution in [0.3, 0.4) is 0 Å². The summed E-state index contributed by atoms with van der Waals surface area (Å²) in [6.07, 6.45) is -0.819. The molecule has 18 heavy (non-hydrogen) atoms. The highest BCUT2D eigenvalue weighted by molar-refractivity contribution is 5.35. The van der Waals surface area contributed by atoms with E-state index in [4.69, 9.17) is 9.26 Å². The van der Waals surface area contributed by atoms with E-state index in [1.54, 1.807) is 13.8 Å². The fraction of sp³-hybridized carbons (Fsp3) is 0.333. The van der Waals surface area contributed by atoms with E-state index in [0.29, 0.717) is 23.0 Å². The van der Waals surface area contributed by atoms with Crippen molar-refractivity contribution in [1.82, 2.24) is 10.1 Å². The van der Waals surface area contributed by atoms with Gasteiger partial charge in [-0.3, -0.25) is 0 Å². The molecule has 0 aliphatic rings. The number of nitrogens with zero attached hydrogens (tertiary/aromatic N) is 2. The first kappa shape index (κ1) is 12.5. The Balaban J connectivity index is 2.13. The number of aliphatic hydroxyl groups excluding tert-OH is 1. The van der Waals surface area contributed by atoms with E-state index in [1.807, 2.05) is 0 Å². The van der Waals surface area contributed by atoms with Crippen LogP contribution in [0.5, 0.6) is 5.75 Å². The van der Waals surface area contributed by atoms with Crippen molar-refractivity contribution >= 4 is 0 Å². The van der Waals surface area contributed by atoms with Gasteiger partial charge in [-0.1, -0.05) is 5.16 Å². The molecule has 0 saturated carbocycles. The molecule has 0 spiro atoms. The Bertz CT molecular complexity index is 540. The predicted octanol–water partition coefficient (Wildman–Crippen LogP) is 2.15. The average molecular weight is 252 g/mol. The van der Waals surface area contributed by atoms with E-state index < -0.39 is 11.9 Å². The average Bonchev–Trinajstić information content (AvgIpc) is 2.73. The van der Waals surface area contributed by atoms with Crippen LogP contribution in [-0.4, -0.2) is 15.2 Å². The number of aliphatic hydroxyl groups is 1. The number of hydrogen-bond donors (Lipinski definition) is 1. The highest BCUT2D eigenvalue weighted by atomic mass is 19.1. The highest BCUT2D eigenvalue weighted by Crippen LogP contribution is 2.26. The van der Waals surface area contributed by atoms with Gasteiger partial charge in [-0.2, -0.15) is 4.98 Å². The van der Waals surface area contributed by atoms with Gasteiger partial charge in [0.05, 0.1) is 6.10 Å². The summed E-state index contributed by atoms with van der Waals surface area (Å²) >= 11 is 0. The molecule has 1 N–H and O–H groups in total.